The Bertz CT molecular complexity index is 886. The number of hydrogen-bond donors (Lipinski definition) is 1. The first-order valence-electron chi connectivity index (χ1n) is 9.44. The molecule has 152 valence electrons. The van der Waals surface area contributed by atoms with E-state index >= 15 is 0 Å². The second kappa shape index (κ2) is 9.23. The molecule has 29 heavy (non-hydrogen) atoms. The van der Waals surface area contributed by atoms with Crippen molar-refractivity contribution in [2.75, 3.05) is 32.6 Å². The lowest BCUT2D eigenvalue weighted by molar-refractivity contribution is -0.121. The molecule has 2 aromatic rings. The normalized spacial score (nSPS) is 14.2. The quantitative estimate of drug-likeness (QED) is 0.786. The molecule has 1 saturated heterocycles. The molecule has 7 nitrogen and oxygen atoms in total. The monoisotopic (exact) mass is 396 g/mol. The van der Waals surface area contributed by atoms with Gasteiger partial charge >= 0.3 is 5.97 Å². The van der Waals surface area contributed by atoms with Gasteiger partial charge in [0.25, 0.3) is 5.91 Å². The highest BCUT2D eigenvalue weighted by atomic mass is 16.5. The lowest BCUT2D eigenvalue weighted by Gasteiger charge is -2.31. The molecule has 0 aliphatic carbocycles. The second-order valence-electron chi connectivity index (χ2n) is 6.86. The van der Waals surface area contributed by atoms with Crippen LogP contribution >= 0.6 is 0 Å². The highest BCUT2D eigenvalue weighted by Crippen LogP contribution is 2.22. The number of carbonyl (C=O) groups excluding carboxylic acids is 3. The highest BCUT2D eigenvalue weighted by Gasteiger charge is 2.28. The van der Waals surface area contributed by atoms with Crippen molar-refractivity contribution < 1.29 is 23.9 Å². The highest BCUT2D eigenvalue weighted by molar-refractivity contribution is 5.96. The molecule has 0 spiro atoms. The zero-order valence-corrected chi connectivity index (χ0v) is 16.5. The van der Waals surface area contributed by atoms with Crippen molar-refractivity contribution in [3.05, 3.63) is 59.7 Å². The Hall–Kier alpha value is -3.35. The van der Waals surface area contributed by atoms with E-state index < -0.39 is 5.97 Å². The van der Waals surface area contributed by atoms with Crippen molar-refractivity contribution in [2.24, 2.45) is 5.92 Å². The Morgan fingerprint density at radius 3 is 2.28 bits per heavy atom. The molecule has 1 N–H and O–H groups in total. The summed E-state index contributed by atoms with van der Waals surface area (Å²) in [5, 5.41) is 2.88. The number of benzene rings is 2. The number of anilines is 1. The van der Waals surface area contributed by atoms with Gasteiger partial charge < -0.3 is 19.7 Å². The van der Waals surface area contributed by atoms with Gasteiger partial charge in [0.1, 0.15) is 5.75 Å². The average molecular weight is 396 g/mol. The lowest BCUT2D eigenvalue weighted by atomic mass is 9.95. The van der Waals surface area contributed by atoms with E-state index in [4.69, 9.17) is 4.74 Å². The topological polar surface area (TPSA) is 84.9 Å². The summed E-state index contributed by atoms with van der Waals surface area (Å²) in [5.74, 6) is -0.0746. The van der Waals surface area contributed by atoms with E-state index in [0.717, 1.165) is 0 Å². The maximum atomic E-state index is 12.7. The van der Waals surface area contributed by atoms with Crippen LogP contribution in [0.1, 0.15) is 33.6 Å². The Kier molecular flexibility index (Phi) is 6.49. The van der Waals surface area contributed by atoms with Crippen LogP contribution in [0.2, 0.25) is 0 Å². The number of ether oxygens (including phenoxy) is 2. The number of hydrogen-bond acceptors (Lipinski definition) is 5. The Labute approximate surface area is 169 Å². The van der Waals surface area contributed by atoms with Crippen LogP contribution in [0, 0.1) is 5.92 Å². The molecule has 1 heterocycles. The van der Waals surface area contributed by atoms with Crippen molar-refractivity contribution in [3.63, 3.8) is 0 Å². The minimum Gasteiger partial charge on any atom is -0.497 e. The molecule has 7 heteroatoms. The molecule has 0 unspecified atom stereocenters. The predicted molar refractivity (Wildman–Crippen MR) is 108 cm³/mol. The van der Waals surface area contributed by atoms with E-state index in [9.17, 15) is 14.4 Å². The summed E-state index contributed by atoms with van der Waals surface area (Å²) < 4.78 is 9.84. The fourth-order valence-electron chi connectivity index (χ4n) is 3.34. The fraction of sp³-hybridized carbons (Fsp3) is 0.318. The van der Waals surface area contributed by atoms with Crippen LogP contribution in [0.5, 0.6) is 5.75 Å². The van der Waals surface area contributed by atoms with E-state index in [1.165, 1.54) is 7.11 Å². The molecule has 0 radical (unpaired) electrons. The predicted octanol–water partition coefficient (Wildman–Crippen LogP) is 2.97. The second-order valence-corrected chi connectivity index (χ2v) is 6.86. The van der Waals surface area contributed by atoms with Crippen LogP contribution in [0.3, 0.4) is 0 Å². The summed E-state index contributed by atoms with van der Waals surface area (Å²) in [7, 11) is 2.89. The molecular weight excluding hydrogens is 372 g/mol. The minimum atomic E-state index is -0.420. The minimum absolute atomic E-state index is 0.0545. The molecule has 1 aliphatic heterocycles. The fourth-order valence-corrected chi connectivity index (χ4v) is 3.34. The largest absolute Gasteiger partial charge is 0.497 e. The van der Waals surface area contributed by atoms with E-state index in [1.54, 1.807) is 60.5 Å². The van der Waals surface area contributed by atoms with Gasteiger partial charge in [-0.05, 0) is 55.3 Å². The Morgan fingerprint density at radius 1 is 0.966 bits per heavy atom. The molecule has 0 bridgehead atoms. The SMILES string of the molecule is COC(=O)c1ccc(NC(=O)C2CCN(C(=O)c3cccc(OC)c3)CC2)cc1. The summed E-state index contributed by atoms with van der Waals surface area (Å²) in [6.45, 7) is 1.05. The van der Waals surface area contributed by atoms with Crippen molar-refractivity contribution >= 4 is 23.5 Å². The molecule has 0 atom stereocenters. The first-order chi connectivity index (χ1) is 14.0. The van der Waals surface area contributed by atoms with Gasteiger partial charge in [0.15, 0.2) is 0 Å². The molecule has 2 aromatic carbocycles. The number of nitrogens with zero attached hydrogens (tertiary/aromatic N) is 1. The van der Waals surface area contributed by atoms with Crippen molar-refractivity contribution in [1.29, 1.82) is 0 Å². The summed E-state index contributed by atoms with van der Waals surface area (Å²) in [4.78, 5) is 38.5. The number of likely N-dealkylation sites (tertiary alicyclic amines) is 1. The third kappa shape index (κ3) is 4.93. The van der Waals surface area contributed by atoms with Gasteiger partial charge in [-0.25, -0.2) is 4.79 Å². The maximum Gasteiger partial charge on any atom is 0.337 e. The van der Waals surface area contributed by atoms with Crippen LogP contribution in [-0.4, -0.2) is 50.0 Å². The third-order valence-electron chi connectivity index (χ3n) is 5.04. The van der Waals surface area contributed by atoms with Crippen LogP contribution in [0.25, 0.3) is 0 Å². The number of esters is 1. The van der Waals surface area contributed by atoms with Crippen molar-refractivity contribution in [3.8, 4) is 5.75 Å². The molecule has 0 saturated carbocycles. The molecule has 1 fully saturated rings. The number of amides is 2. The zero-order chi connectivity index (χ0) is 20.8. The van der Waals surface area contributed by atoms with E-state index in [0.29, 0.717) is 48.5 Å². The van der Waals surface area contributed by atoms with Gasteiger partial charge in [-0.1, -0.05) is 6.07 Å². The standard InChI is InChI=1S/C22H24N2O5/c1-28-19-5-3-4-17(14-19)21(26)24-12-10-15(11-13-24)20(25)23-18-8-6-16(7-9-18)22(27)29-2/h3-9,14-15H,10-13H2,1-2H3,(H,23,25). The number of carbonyl (C=O) groups is 3. The van der Waals surface area contributed by atoms with Crippen LogP contribution < -0.4 is 10.1 Å². The van der Waals surface area contributed by atoms with Crippen molar-refractivity contribution in [2.45, 2.75) is 12.8 Å². The van der Waals surface area contributed by atoms with Crippen LogP contribution in [-0.2, 0) is 9.53 Å². The van der Waals surface area contributed by atoms with Gasteiger partial charge in [0, 0.05) is 30.3 Å². The summed E-state index contributed by atoms with van der Waals surface area (Å²) in [5.41, 5.74) is 1.63. The number of nitrogens with one attached hydrogen (secondary N) is 1. The van der Waals surface area contributed by atoms with Gasteiger partial charge in [0.05, 0.1) is 19.8 Å². The van der Waals surface area contributed by atoms with Gasteiger partial charge in [-0.3, -0.25) is 9.59 Å². The third-order valence-corrected chi connectivity index (χ3v) is 5.04. The summed E-state index contributed by atoms with van der Waals surface area (Å²) >= 11 is 0. The van der Waals surface area contributed by atoms with E-state index in [2.05, 4.69) is 10.1 Å². The molecule has 0 aromatic heterocycles. The van der Waals surface area contributed by atoms with Crippen LogP contribution in [0.15, 0.2) is 48.5 Å². The van der Waals surface area contributed by atoms with Crippen LogP contribution in [0.4, 0.5) is 5.69 Å². The summed E-state index contributed by atoms with van der Waals surface area (Å²) in [6.07, 6.45) is 1.20. The number of piperidine rings is 1. The lowest BCUT2D eigenvalue weighted by Crippen LogP contribution is -2.41. The molecule has 3 rings (SSSR count). The summed E-state index contributed by atoms with van der Waals surface area (Å²) in [6, 6.07) is 13.6. The maximum absolute atomic E-state index is 12.7. The molecular formula is C22H24N2O5. The van der Waals surface area contributed by atoms with Crippen molar-refractivity contribution in [1.82, 2.24) is 4.90 Å². The van der Waals surface area contributed by atoms with E-state index in [-0.39, 0.29) is 17.7 Å². The number of methoxy groups -OCH3 is 2. The first kappa shape index (κ1) is 20.4. The van der Waals surface area contributed by atoms with E-state index in [1.807, 2.05) is 0 Å². The molecule has 2 amide bonds. The Balaban J connectivity index is 1.54. The number of rotatable bonds is 5. The Morgan fingerprint density at radius 2 is 1.66 bits per heavy atom. The smallest absolute Gasteiger partial charge is 0.337 e. The molecule has 1 aliphatic rings. The van der Waals surface area contributed by atoms with Gasteiger partial charge in [0.2, 0.25) is 5.91 Å². The average Bonchev–Trinajstić information content (AvgIpc) is 2.78. The van der Waals surface area contributed by atoms with Gasteiger partial charge in [-0.15, -0.1) is 0 Å². The van der Waals surface area contributed by atoms with Gasteiger partial charge in [-0.2, -0.15) is 0 Å². The zero-order valence-electron chi connectivity index (χ0n) is 16.5. The first-order valence-corrected chi connectivity index (χ1v) is 9.44.